The van der Waals surface area contributed by atoms with Crippen LogP contribution in [0, 0.1) is 6.92 Å². The fraction of sp³-hybridized carbons (Fsp3) is 0.192. The first-order chi connectivity index (χ1) is 18.9. The topological polar surface area (TPSA) is 137 Å². The molecule has 1 aliphatic rings. The Hall–Kier alpha value is -4.35. The van der Waals surface area contributed by atoms with Crippen molar-refractivity contribution in [3.63, 3.8) is 0 Å². The Kier molecular flexibility index (Phi) is 7.80. The molecule has 2 N–H and O–H groups in total. The van der Waals surface area contributed by atoms with E-state index in [2.05, 4.69) is 36.4 Å². The van der Waals surface area contributed by atoms with Gasteiger partial charge in [-0.25, -0.2) is 0 Å². The minimum Gasteiger partial charge on any atom is -0.491 e. The van der Waals surface area contributed by atoms with Gasteiger partial charge < -0.3 is 15.4 Å². The van der Waals surface area contributed by atoms with E-state index in [1.54, 1.807) is 30.3 Å². The smallest absolute Gasteiger partial charge is 0.244 e. The average molecular weight is 565 g/mol. The second-order valence-corrected chi connectivity index (χ2v) is 9.52. The number of nitrogens with zero attached hydrogens (tertiary/aromatic N) is 6. The van der Waals surface area contributed by atoms with Gasteiger partial charge in [-0.15, -0.1) is 15.3 Å². The number of benzene rings is 2. The first-order valence-corrected chi connectivity index (χ1v) is 12.7. The second kappa shape index (κ2) is 11.6. The summed E-state index contributed by atoms with van der Waals surface area (Å²) in [6, 6.07) is 11.8. The van der Waals surface area contributed by atoms with Crippen molar-refractivity contribution in [3.8, 4) is 22.7 Å². The summed E-state index contributed by atoms with van der Waals surface area (Å²) in [4.78, 5) is 25.8. The third-order valence-corrected chi connectivity index (χ3v) is 6.48. The van der Waals surface area contributed by atoms with Crippen LogP contribution >= 0.6 is 23.2 Å². The Balaban J connectivity index is 1.46. The average Bonchev–Trinajstić information content (AvgIpc) is 3.44. The van der Waals surface area contributed by atoms with Gasteiger partial charge in [0, 0.05) is 27.8 Å². The number of amides is 2. The van der Waals surface area contributed by atoms with Gasteiger partial charge in [-0.2, -0.15) is 4.68 Å². The fourth-order valence-corrected chi connectivity index (χ4v) is 4.50. The van der Waals surface area contributed by atoms with Gasteiger partial charge in [-0.05, 0) is 65.4 Å². The van der Waals surface area contributed by atoms with Crippen molar-refractivity contribution in [1.29, 1.82) is 0 Å². The van der Waals surface area contributed by atoms with Gasteiger partial charge in [0.25, 0.3) is 0 Å². The molecular weight excluding hydrogens is 543 g/mol. The molecule has 0 aliphatic carbocycles. The molecule has 1 aliphatic heterocycles. The lowest BCUT2D eigenvalue weighted by atomic mass is 10.0. The summed E-state index contributed by atoms with van der Waals surface area (Å²) in [6.07, 6.45) is 4.28. The van der Waals surface area contributed by atoms with E-state index in [4.69, 9.17) is 27.9 Å². The molecule has 2 amide bonds. The monoisotopic (exact) mass is 564 g/mol. The van der Waals surface area contributed by atoms with Gasteiger partial charge in [0.2, 0.25) is 11.8 Å². The molecule has 39 heavy (non-hydrogen) atoms. The number of aryl methyl sites for hydroxylation is 1. The SMILES string of the molecule is Cc1ccc2c(c1)OCCNC(=O)CC(NC(=O)/C=C/c1cc(Cl)ccc1-n1cnnn1)c1cc-2nnc1Cl. The summed E-state index contributed by atoms with van der Waals surface area (Å²) in [5.74, 6) is -0.143. The van der Waals surface area contributed by atoms with Crippen LogP contribution < -0.4 is 15.4 Å². The molecule has 3 heterocycles. The van der Waals surface area contributed by atoms with Crippen molar-refractivity contribution in [3.05, 3.63) is 81.7 Å². The van der Waals surface area contributed by atoms with Crippen LogP contribution in [0.15, 0.2) is 54.9 Å². The quantitative estimate of drug-likeness (QED) is 0.359. The number of fused-ring (bicyclic) bond motifs is 4. The number of rotatable bonds is 4. The van der Waals surface area contributed by atoms with Gasteiger partial charge >= 0.3 is 0 Å². The molecule has 198 valence electrons. The van der Waals surface area contributed by atoms with Crippen LogP contribution in [0.3, 0.4) is 0 Å². The molecule has 1 unspecified atom stereocenters. The molecule has 2 aromatic carbocycles. The highest BCUT2D eigenvalue weighted by atomic mass is 35.5. The van der Waals surface area contributed by atoms with Crippen LogP contribution in [0.4, 0.5) is 0 Å². The predicted octanol–water partition coefficient (Wildman–Crippen LogP) is 3.50. The summed E-state index contributed by atoms with van der Waals surface area (Å²) in [5, 5.41) is 25.8. The van der Waals surface area contributed by atoms with Gasteiger partial charge in [0.05, 0.1) is 30.4 Å². The van der Waals surface area contributed by atoms with E-state index in [1.165, 1.54) is 17.1 Å². The van der Waals surface area contributed by atoms with Crippen LogP contribution in [0.2, 0.25) is 10.2 Å². The Morgan fingerprint density at radius 2 is 2.05 bits per heavy atom. The van der Waals surface area contributed by atoms with Crippen LogP contribution in [-0.2, 0) is 9.59 Å². The van der Waals surface area contributed by atoms with E-state index in [-0.39, 0.29) is 30.6 Å². The molecule has 4 aromatic rings. The standard InChI is InChI=1S/C26H22Cl2N8O3/c1-15-2-5-18-21-12-19(26(28)33-32-21)20(13-25(38)29-8-9-39-23(18)10-15)31-24(37)7-3-16-11-17(27)4-6-22(16)36-14-30-34-35-36/h2-7,10-12,14,20H,8-9,13H2,1H3,(H,29,38)(H,31,37)/b7-3+. The molecule has 13 heteroatoms. The van der Waals surface area contributed by atoms with Gasteiger partial charge in [-0.1, -0.05) is 29.3 Å². The summed E-state index contributed by atoms with van der Waals surface area (Å²) in [5.41, 5.74) is 3.92. The molecule has 0 fully saturated rings. The molecule has 1 atom stereocenters. The number of halogens is 2. The molecule has 0 saturated carbocycles. The zero-order valence-corrected chi connectivity index (χ0v) is 22.1. The Labute approximate surface area is 233 Å². The van der Waals surface area contributed by atoms with Crippen molar-refractivity contribution >= 4 is 41.1 Å². The third-order valence-electron chi connectivity index (χ3n) is 5.95. The van der Waals surface area contributed by atoms with E-state index < -0.39 is 11.9 Å². The lowest BCUT2D eigenvalue weighted by Crippen LogP contribution is -2.35. The number of carbonyl (C=O) groups excluding carboxylic acids is 2. The van der Waals surface area contributed by atoms with Crippen LogP contribution in [-0.4, -0.2) is 55.4 Å². The Bertz CT molecular complexity index is 1560. The molecule has 11 nitrogen and oxygen atoms in total. The lowest BCUT2D eigenvalue weighted by molar-refractivity contribution is -0.122. The van der Waals surface area contributed by atoms with E-state index in [9.17, 15) is 9.59 Å². The number of hydrogen-bond donors (Lipinski definition) is 2. The van der Waals surface area contributed by atoms with Gasteiger partial charge in [0.1, 0.15) is 18.7 Å². The molecule has 2 bridgehead atoms. The zero-order chi connectivity index (χ0) is 27.4. The maximum atomic E-state index is 13.1. The molecule has 5 rings (SSSR count). The summed E-state index contributed by atoms with van der Waals surface area (Å²) < 4.78 is 7.37. The minimum atomic E-state index is -0.781. The second-order valence-electron chi connectivity index (χ2n) is 8.73. The molecule has 2 aromatic heterocycles. The van der Waals surface area contributed by atoms with E-state index in [0.717, 1.165) is 11.1 Å². The van der Waals surface area contributed by atoms with Crippen LogP contribution in [0.1, 0.15) is 29.2 Å². The molecular formula is C26H22Cl2N8O3. The lowest BCUT2D eigenvalue weighted by Gasteiger charge is -2.21. The highest BCUT2D eigenvalue weighted by Gasteiger charge is 2.24. The maximum absolute atomic E-state index is 13.1. The van der Waals surface area contributed by atoms with E-state index >= 15 is 0 Å². The van der Waals surface area contributed by atoms with Crippen molar-refractivity contribution < 1.29 is 14.3 Å². The third kappa shape index (κ3) is 6.21. The number of carbonyl (C=O) groups is 2. The molecule has 0 spiro atoms. The van der Waals surface area contributed by atoms with Crippen molar-refractivity contribution in [2.24, 2.45) is 0 Å². The summed E-state index contributed by atoms with van der Waals surface area (Å²) in [6.45, 7) is 2.50. The van der Waals surface area contributed by atoms with Crippen LogP contribution in [0.5, 0.6) is 5.75 Å². The van der Waals surface area contributed by atoms with E-state index in [1.807, 2.05) is 25.1 Å². The highest BCUT2D eigenvalue weighted by molar-refractivity contribution is 6.31. The predicted molar refractivity (Wildman–Crippen MR) is 144 cm³/mol. The largest absolute Gasteiger partial charge is 0.491 e. The van der Waals surface area contributed by atoms with Crippen molar-refractivity contribution in [2.45, 2.75) is 19.4 Å². The Morgan fingerprint density at radius 1 is 1.18 bits per heavy atom. The fourth-order valence-electron chi connectivity index (χ4n) is 4.10. The maximum Gasteiger partial charge on any atom is 0.244 e. The first kappa shape index (κ1) is 26.3. The number of tetrazole rings is 1. The summed E-state index contributed by atoms with van der Waals surface area (Å²) in [7, 11) is 0. The van der Waals surface area contributed by atoms with Gasteiger partial charge in [0.15, 0.2) is 5.15 Å². The number of hydrogen-bond acceptors (Lipinski definition) is 8. The van der Waals surface area contributed by atoms with Crippen molar-refractivity contribution in [1.82, 2.24) is 41.0 Å². The number of nitrogens with one attached hydrogen (secondary N) is 2. The van der Waals surface area contributed by atoms with E-state index in [0.29, 0.717) is 33.3 Å². The van der Waals surface area contributed by atoms with Gasteiger partial charge in [-0.3, -0.25) is 9.59 Å². The normalized spacial score (nSPS) is 15.5. The van der Waals surface area contributed by atoms with Crippen LogP contribution in [0.25, 0.3) is 23.0 Å². The highest BCUT2D eigenvalue weighted by Crippen LogP contribution is 2.33. The number of ether oxygens (including phenoxy) is 1. The number of aromatic nitrogens is 6. The molecule has 0 saturated heterocycles. The Morgan fingerprint density at radius 3 is 2.87 bits per heavy atom. The summed E-state index contributed by atoms with van der Waals surface area (Å²) >= 11 is 12.6. The zero-order valence-electron chi connectivity index (χ0n) is 20.6. The molecule has 0 radical (unpaired) electrons. The minimum absolute atomic E-state index is 0.0712. The first-order valence-electron chi connectivity index (χ1n) is 11.9. The van der Waals surface area contributed by atoms with Crippen molar-refractivity contribution in [2.75, 3.05) is 13.2 Å².